The largest absolute Gasteiger partial charge is 0.393 e. The molecule has 0 aromatic carbocycles. The van der Waals surface area contributed by atoms with Crippen molar-refractivity contribution >= 4 is 29.2 Å². The van der Waals surface area contributed by atoms with Crippen molar-refractivity contribution in [3.63, 3.8) is 0 Å². The Kier molecular flexibility index (Phi) is 6.65. The molecule has 0 fully saturated rings. The number of carbonyl (C=O) groups excluding carboxylic acids is 1. The molecule has 0 saturated heterocycles. The lowest BCUT2D eigenvalue weighted by Crippen LogP contribution is -2.37. The Balaban J connectivity index is 2.31. The molecule has 1 heterocycles. The summed E-state index contributed by atoms with van der Waals surface area (Å²) in [5.41, 5.74) is 0.817. The highest BCUT2D eigenvalue weighted by atomic mass is 35.5. The van der Waals surface area contributed by atoms with E-state index in [0.29, 0.717) is 29.7 Å². The van der Waals surface area contributed by atoms with Gasteiger partial charge in [0, 0.05) is 19.3 Å². The van der Waals surface area contributed by atoms with E-state index < -0.39 is 6.10 Å². The summed E-state index contributed by atoms with van der Waals surface area (Å²) in [5, 5.41) is 15.9. The van der Waals surface area contributed by atoms with E-state index in [1.54, 1.807) is 17.7 Å². The van der Waals surface area contributed by atoms with Crippen LogP contribution in [0.25, 0.3) is 0 Å². The average Bonchev–Trinajstić information content (AvgIpc) is 2.63. The summed E-state index contributed by atoms with van der Waals surface area (Å²) in [6.07, 6.45) is 0.133. The van der Waals surface area contributed by atoms with E-state index in [-0.39, 0.29) is 11.9 Å². The third-order valence-electron chi connectivity index (χ3n) is 3.14. The second-order valence-corrected chi connectivity index (χ2v) is 5.81. The van der Waals surface area contributed by atoms with Crippen LogP contribution in [0.15, 0.2) is 6.07 Å². The number of nitrogens with zero attached hydrogens (tertiary/aromatic N) is 1. The number of amides is 2. The number of aliphatic hydroxyl groups is 1. The lowest BCUT2D eigenvalue weighted by molar-refractivity contribution is 0.116. The number of halogens is 2. The summed E-state index contributed by atoms with van der Waals surface area (Å²) in [6.45, 7) is 4.64. The molecule has 0 bridgehead atoms. The molecule has 1 rings (SSSR count). The van der Waals surface area contributed by atoms with Gasteiger partial charge in [-0.2, -0.15) is 0 Å². The molecule has 20 heavy (non-hydrogen) atoms. The molecule has 0 aliphatic rings. The van der Waals surface area contributed by atoms with Crippen molar-refractivity contribution in [3.05, 3.63) is 21.9 Å². The topological polar surface area (TPSA) is 66.3 Å². The molecule has 0 aliphatic heterocycles. The van der Waals surface area contributed by atoms with Gasteiger partial charge in [0.15, 0.2) is 0 Å². The number of hydrogen-bond acceptors (Lipinski definition) is 2. The van der Waals surface area contributed by atoms with E-state index in [1.165, 1.54) is 0 Å². The highest BCUT2D eigenvalue weighted by molar-refractivity contribution is 6.41. The highest BCUT2D eigenvalue weighted by Crippen LogP contribution is 2.24. The van der Waals surface area contributed by atoms with Gasteiger partial charge in [0.1, 0.15) is 5.15 Å². The van der Waals surface area contributed by atoms with Crippen LogP contribution < -0.4 is 10.6 Å². The molecule has 0 saturated carbocycles. The highest BCUT2D eigenvalue weighted by Gasteiger charge is 2.11. The molecule has 1 aromatic rings. The monoisotopic (exact) mass is 321 g/mol. The van der Waals surface area contributed by atoms with E-state index >= 15 is 0 Å². The molecule has 0 radical (unpaired) electrons. The zero-order valence-corrected chi connectivity index (χ0v) is 13.4. The van der Waals surface area contributed by atoms with Crippen LogP contribution in [0.2, 0.25) is 10.2 Å². The molecular formula is C13H21Cl2N3O2. The summed E-state index contributed by atoms with van der Waals surface area (Å²) in [5.74, 6) is 0.188. The van der Waals surface area contributed by atoms with Crippen molar-refractivity contribution in [2.75, 3.05) is 6.54 Å². The van der Waals surface area contributed by atoms with Crippen LogP contribution in [0.4, 0.5) is 4.79 Å². The Morgan fingerprint density at radius 1 is 1.40 bits per heavy atom. The first kappa shape index (κ1) is 17.1. The minimum atomic E-state index is -0.402. The maximum atomic E-state index is 11.6. The Hall–Kier alpha value is -0.910. The van der Waals surface area contributed by atoms with Gasteiger partial charge in [-0.05, 0) is 18.4 Å². The fraction of sp³-hybridized carbons (Fsp3) is 0.615. The van der Waals surface area contributed by atoms with Gasteiger partial charge in [0.25, 0.3) is 0 Å². The van der Waals surface area contributed by atoms with E-state index in [0.717, 1.165) is 5.69 Å². The van der Waals surface area contributed by atoms with E-state index in [4.69, 9.17) is 23.2 Å². The maximum Gasteiger partial charge on any atom is 0.315 e. The summed E-state index contributed by atoms with van der Waals surface area (Å²) < 4.78 is 1.71. The minimum absolute atomic E-state index is 0.188. The molecular weight excluding hydrogens is 301 g/mol. The first-order chi connectivity index (χ1) is 9.32. The van der Waals surface area contributed by atoms with Crippen molar-refractivity contribution in [3.8, 4) is 0 Å². The number of aromatic nitrogens is 1. The van der Waals surface area contributed by atoms with Crippen LogP contribution in [0.1, 0.15) is 26.0 Å². The van der Waals surface area contributed by atoms with Crippen LogP contribution in [-0.4, -0.2) is 28.4 Å². The fourth-order valence-corrected chi connectivity index (χ4v) is 2.07. The summed E-state index contributed by atoms with van der Waals surface area (Å²) in [7, 11) is 1.78. The molecule has 0 aliphatic carbocycles. The minimum Gasteiger partial charge on any atom is -0.393 e. The lowest BCUT2D eigenvalue weighted by atomic mass is 10.0. The van der Waals surface area contributed by atoms with Crippen LogP contribution in [0, 0.1) is 5.92 Å². The second-order valence-electron chi connectivity index (χ2n) is 5.04. The molecule has 1 unspecified atom stereocenters. The number of carbonyl (C=O) groups is 1. The quantitative estimate of drug-likeness (QED) is 0.753. The summed E-state index contributed by atoms with van der Waals surface area (Å²) in [6, 6.07) is 1.43. The zero-order chi connectivity index (χ0) is 15.3. The number of nitrogens with one attached hydrogen (secondary N) is 2. The van der Waals surface area contributed by atoms with Crippen molar-refractivity contribution in [1.82, 2.24) is 15.2 Å². The van der Waals surface area contributed by atoms with E-state index in [9.17, 15) is 9.90 Å². The average molecular weight is 322 g/mol. The van der Waals surface area contributed by atoms with Gasteiger partial charge in [-0.25, -0.2) is 4.79 Å². The lowest BCUT2D eigenvalue weighted by Gasteiger charge is -2.14. The van der Waals surface area contributed by atoms with Gasteiger partial charge in [0.05, 0.1) is 17.7 Å². The van der Waals surface area contributed by atoms with Gasteiger partial charge in [-0.3, -0.25) is 0 Å². The Morgan fingerprint density at radius 3 is 2.55 bits per heavy atom. The second kappa shape index (κ2) is 7.76. The fourth-order valence-electron chi connectivity index (χ4n) is 1.66. The Labute approximate surface area is 129 Å². The molecule has 3 N–H and O–H groups in total. The third-order valence-corrected chi connectivity index (χ3v) is 3.98. The van der Waals surface area contributed by atoms with Crippen LogP contribution in [0.3, 0.4) is 0 Å². The smallest absolute Gasteiger partial charge is 0.315 e. The van der Waals surface area contributed by atoms with Crippen LogP contribution in [-0.2, 0) is 13.6 Å². The van der Waals surface area contributed by atoms with Crippen LogP contribution in [0.5, 0.6) is 0 Å². The molecule has 5 nitrogen and oxygen atoms in total. The van der Waals surface area contributed by atoms with E-state index in [1.807, 2.05) is 13.8 Å². The van der Waals surface area contributed by atoms with Gasteiger partial charge < -0.3 is 20.3 Å². The predicted molar refractivity (Wildman–Crippen MR) is 81.1 cm³/mol. The van der Waals surface area contributed by atoms with Crippen molar-refractivity contribution in [2.45, 2.75) is 32.9 Å². The molecule has 114 valence electrons. The SMILES string of the molecule is CC(C)C(O)CCNC(=O)NCc1cc(Cl)c(Cl)n1C. The standard InChI is InChI=1S/C13H21Cl2N3O2/c1-8(2)11(19)4-5-16-13(20)17-7-9-6-10(14)12(15)18(9)3/h6,8,11,19H,4-5,7H2,1-3H3,(H2,16,17,20). The number of aliphatic hydroxyl groups excluding tert-OH is 1. The molecule has 1 aromatic heterocycles. The molecule has 1 atom stereocenters. The summed E-state index contributed by atoms with van der Waals surface area (Å²) >= 11 is 11.8. The number of rotatable bonds is 6. The Morgan fingerprint density at radius 2 is 2.05 bits per heavy atom. The van der Waals surface area contributed by atoms with Crippen molar-refractivity contribution in [2.24, 2.45) is 13.0 Å². The van der Waals surface area contributed by atoms with Crippen molar-refractivity contribution in [1.29, 1.82) is 0 Å². The van der Waals surface area contributed by atoms with Crippen molar-refractivity contribution < 1.29 is 9.90 Å². The van der Waals surface area contributed by atoms with E-state index in [2.05, 4.69) is 10.6 Å². The normalized spacial score (nSPS) is 12.6. The molecule has 2 amide bonds. The Bertz CT molecular complexity index is 461. The number of hydrogen-bond donors (Lipinski definition) is 3. The third kappa shape index (κ3) is 4.89. The van der Waals surface area contributed by atoms with Gasteiger partial charge in [-0.15, -0.1) is 0 Å². The molecule has 0 spiro atoms. The van der Waals surface area contributed by atoms with Gasteiger partial charge in [0.2, 0.25) is 0 Å². The van der Waals surface area contributed by atoms with Gasteiger partial charge >= 0.3 is 6.03 Å². The van der Waals surface area contributed by atoms with Crippen LogP contribution >= 0.6 is 23.2 Å². The first-order valence-corrected chi connectivity index (χ1v) is 7.27. The zero-order valence-electron chi connectivity index (χ0n) is 11.9. The van der Waals surface area contributed by atoms with Gasteiger partial charge in [-0.1, -0.05) is 37.0 Å². The predicted octanol–water partition coefficient (Wildman–Crippen LogP) is 2.54. The molecule has 7 heteroatoms. The number of urea groups is 1. The first-order valence-electron chi connectivity index (χ1n) is 6.52. The maximum absolute atomic E-state index is 11.6. The summed E-state index contributed by atoms with van der Waals surface area (Å²) in [4.78, 5) is 11.6.